The van der Waals surface area contributed by atoms with Crippen molar-refractivity contribution < 1.29 is 0 Å². The van der Waals surface area contributed by atoms with Gasteiger partial charge in [-0.1, -0.05) is 12.8 Å². The van der Waals surface area contributed by atoms with Gasteiger partial charge in [0.1, 0.15) is 5.65 Å². The molecule has 2 aromatic heterocycles. The van der Waals surface area contributed by atoms with Gasteiger partial charge in [0.2, 0.25) is 0 Å². The number of aryl methyl sites for hydroxylation is 1. The van der Waals surface area contributed by atoms with Gasteiger partial charge < -0.3 is 4.90 Å². The Morgan fingerprint density at radius 2 is 2.16 bits per heavy atom. The number of anilines is 1. The van der Waals surface area contributed by atoms with Crippen LogP contribution >= 0.6 is 12.8 Å². The molecule has 19 heavy (non-hydrogen) atoms. The summed E-state index contributed by atoms with van der Waals surface area (Å²) in [4.78, 5) is 6.81. The topological polar surface area (TPSA) is 44.9 Å². The van der Waals surface area contributed by atoms with Crippen molar-refractivity contribution in [2.45, 2.75) is 19.8 Å². The first-order chi connectivity index (χ1) is 9.19. The third-order valence-corrected chi connectivity index (χ3v) is 4.16. The van der Waals surface area contributed by atoms with Crippen LogP contribution in [0.25, 0.3) is 11.0 Å². The number of hydrogen-bond donors (Lipinski definition) is 1. The van der Waals surface area contributed by atoms with E-state index in [9.17, 15) is 0 Å². The number of nitrogens with zero attached hydrogens (tertiary/aromatic N) is 4. The van der Waals surface area contributed by atoms with E-state index >= 15 is 0 Å². The number of fused-ring (bicyclic) bond motifs is 1. The van der Waals surface area contributed by atoms with Gasteiger partial charge in [0.25, 0.3) is 0 Å². The Balaban J connectivity index is 1.90. The lowest BCUT2D eigenvalue weighted by atomic mass is 9.98. The van der Waals surface area contributed by atoms with E-state index in [0.717, 1.165) is 42.7 Å². The highest BCUT2D eigenvalue weighted by Crippen LogP contribution is 2.27. The molecule has 0 spiro atoms. The summed E-state index contributed by atoms with van der Waals surface area (Å²) in [6.45, 7) is 3.94. The number of hydrogen-bond acceptors (Lipinski definition) is 4. The van der Waals surface area contributed by atoms with Crippen LogP contribution < -0.4 is 4.90 Å². The lowest BCUT2D eigenvalue weighted by Crippen LogP contribution is -2.33. The summed E-state index contributed by atoms with van der Waals surface area (Å²) in [5.41, 5.74) is 3.23. The molecule has 98 valence electrons. The van der Waals surface area contributed by atoms with Crippen LogP contribution in [0.15, 0.2) is 18.5 Å². The van der Waals surface area contributed by atoms with Gasteiger partial charge in [-0.05, 0) is 31.4 Å². The molecule has 0 amide bonds. The lowest BCUT2D eigenvalue weighted by Gasteiger charge is -2.30. The van der Waals surface area contributed by atoms with Gasteiger partial charge in [-0.2, -0.15) is 5.26 Å². The van der Waals surface area contributed by atoms with E-state index in [1.54, 1.807) is 3.97 Å². The van der Waals surface area contributed by atoms with Gasteiger partial charge in [0, 0.05) is 30.6 Å². The first kappa shape index (κ1) is 12.4. The van der Waals surface area contributed by atoms with Crippen molar-refractivity contribution in [3.63, 3.8) is 0 Å². The van der Waals surface area contributed by atoms with Crippen molar-refractivity contribution >= 4 is 29.5 Å². The number of rotatable bonds is 1. The summed E-state index contributed by atoms with van der Waals surface area (Å²) in [5, 5.41) is 10.1. The van der Waals surface area contributed by atoms with Crippen LogP contribution in [0.5, 0.6) is 0 Å². The Morgan fingerprint density at radius 3 is 2.84 bits per heavy atom. The average molecular weight is 272 g/mol. The van der Waals surface area contributed by atoms with Gasteiger partial charge in [0.15, 0.2) is 0 Å². The predicted molar refractivity (Wildman–Crippen MR) is 79.4 cm³/mol. The molecule has 1 fully saturated rings. The second-order valence-electron chi connectivity index (χ2n) is 5.11. The zero-order valence-electron chi connectivity index (χ0n) is 10.9. The Labute approximate surface area is 118 Å². The van der Waals surface area contributed by atoms with Crippen LogP contribution in [0.3, 0.4) is 0 Å². The average Bonchev–Trinajstić information content (AvgIpc) is 2.74. The molecular formula is C14H16N4S. The number of piperidine rings is 1. The molecule has 0 radical (unpaired) electrons. The fraction of sp³-hybridized carbons (Fsp3) is 0.429. The van der Waals surface area contributed by atoms with Crippen LogP contribution in [-0.4, -0.2) is 22.0 Å². The zero-order valence-corrected chi connectivity index (χ0v) is 11.8. The molecule has 0 N–H and O–H groups in total. The SMILES string of the molecule is Cc1cn(S)c2ncc(N3CCC(C#N)CC3)cc12. The largest absolute Gasteiger partial charge is 0.370 e. The van der Waals surface area contributed by atoms with Crippen molar-refractivity contribution in [1.82, 2.24) is 8.96 Å². The van der Waals surface area contributed by atoms with E-state index in [-0.39, 0.29) is 5.92 Å². The summed E-state index contributed by atoms with van der Waals surface area (Å²) in [6.07, 6.45) is 5.77. The van der Waals surface area contributed by atoms with Crippen molar-refractivity contribution in [3.8, 4) is 6.07 Å². The smallest absolute Gasteiger partial charge is 0.150 e. The number of aromatic nitrogens is 2. The van der Waals surface area contributed by atoms with Gasteiger partial charge in [-0.25, -0.2) is 4.98 Å². The van der Waals surface area contributed by atoms with E-state index in [1.165, 1.54) is 5.56 Å². The van der Waals surface area contributed by atoms with E-state index < -0.39 is 0 Å². The maximum absolute atomic E-state index is 8.94. The van der Waals surface area contributed by atoms with Crippen LogP contribution in [0.2, 0.25) is 0 Å². The van der Waals surface area contributed by atoms with E-state index in [2.05, 4.69) is 41.8 Å². The molecule has 0 unspecified atom stereocenters. The van der Waals surface area contributed by atoms with Crippen LogP contribution in [0.4, 0.5) is 5.69 Å². The number of pyridine rings is 1. The molecule has 3 heterocycles. The van der Waals surface area contributed by atoms with Crippen molar-refractivity contribution in [2.24, 2.45) is 5.92 Å². The highest BCUT2D eigenvalue weighted by Gasteiger charge is 2.19. The predicted octanol–water partition coefficient (Wildman–Crippen LogP) is 2.78. The van der Waals surface area contributed by atoms with E-state index in [0.29, 0.717) is 0 Å². The molecule has 1 aliphatic rings. The molecule has 0 aliphatic carbocycles. The fourth-order valence-electron chi connectivity index (χ4n) is 2.67. The van der Waals surface area contributed by atoms with Gasteiger partial charge >= 0.3 is 0 Å². The molecule has 0 aromatic carbocycles. The third-order valence-electron chi connectivity index (χ3n) is 3.85. The summed E-state index contributed by atoms with van der Waals surface area (Å²) in [5.74, 6) is 0.216. The molecule has 0 bridgehead atoms. The first-order valence-electron chi connectivity index (χ1n) is 6.50. The van der Waals surface area contributed by atoms with Gasteiger partial charge in [-0.15, -0.1) is 0 Å². The summed E-state index contributed by atoms with van der Waals surface area (Å²) in [6, 6.07) is 4.54. The van der Waals surface area contributed by atoms with Gasteiger partial charge in [0.05, 0.1) is 18.0 Å². The summed E-state index contributed by atoms with van der Waals surface area (Å²) >= 11 is 4.36. The summed E-state index contributed by atoms with van der Waals surface area (Å²) in [7, 11) is 0. The van der Waals surface area contributed by atoms with Crippen LogP contribution in [-0.2, 0) is 0 Å². The highest BCUT2D eigenvalue weighted by atomic mass is 32.1. The Bertz CT molecular complexity index is 647. The highest BCUT2D eigenvalue weighted by molar-refractivity contribution is 7.78. The zero-order chi connectivity index (χ0) is 13.4. The Morgan fingerprint density at radius 1 is 1.42 bits per heavy atom. The molecule has 3 rings (SSSR count). The second kappa shape index (κ2) is 4.78. The monoisotopic (exact) mass is 272 g/mol. The maximum atomic E-state index is 8.94. The maximum Gasteiger partial charge on any atom is 0.150 e. The third kappa shape index (κ3) is 2.17. The molecule has 1 aliphatic heterocycles. The Kier molecular flexibility index (Phi) is 3.11. The summed E-state index contributed by atoms with van der Waals surface area (Å²) < 4.78 is 1.76. The normalized spacial score (nSPS) is 16.8. The fourth-order valence-corrected chi connectivity index (χ4v) is 3.01. The minimum atomic E-state index is 0.216. The minimum absolute atomic E-state index is 0.216. The lowest BCUT2D eigenvalue weighted by molar-refractivity contribution is 0.487. The van der Waals surface area contributed by atoms with Crippen molar-refractivity contribution in [2.75, 3.05) is 18.0 Å². The molecule has 5 heteroatoms. The van der Waals surface area contributed by atoms with Crippen LogP contribution in [0.1, 0.15) is 18.4 Å². The number of nitriles is 1. The van der Waals surface area contributed by atoms with E-state index in [4.69, 9.17) is 5.26 Å². The quantitative estimate of drug-likeness (QED) is 0.812. The van der Waals surface area contributed by atoms with Crippen LogP contribution in [0, 0.1) is 24.2 Å². The van der Waals surface area contributed by atoms with Crippen molar-refractivity contribution in [1.29, 1.82) is 5.26 Å². The minimum Gasteiger partial charge on any atom is -0.370 e. The molecule has 1 saturated heterocycles. The first-order valence-corrected chi connectivity index (χ1v) is 6.90. The second-order valence-corrected chi connectivity index (χ2v) is 5.54. The van der Waals surface area contributed by atoms with E-state index in [1.807, 2.05) is 12.4 Å². The molecule has 4 nitrogen and oxygen atoms in total. The van der Waals surface area contributed by atoms with Crippen molar-refractivity contribution in [3.05, 3.63) is 24.0 Å². The molecule has 2 aromatic rings. The molecule has 0 saturated carbocycles. The molecule has 0 atom stereocenters. The van der Waals surface area contributed by atoms with Gasteiger partial charge in [-0.3, -0.25) is 3.97 Å². The standard InChI is InChI=1S/C14H16N4S/c1-10-9-18(19)14-13(10)6-12(8-16-14)17-4-2-11(7-15)3-5-17/h6,8-9,11,19H,2-5H2,1H3. The number of thiol groups is 1. The Hall–Kier alpha value is -1.67. The molecular weight excluding hydrogens is 256 g/mol.